The van der Waals surface area contributed by atoms with E-state index in [0.717, 1.165) is 41.5 Å². The second-order valence-electron chi connectivity index (χ2n) is 9.32. The number of carbonyl (C=O) groups is 1. The molecule has 4 aromatic carbocycles. The van der Waals surface area contributed by atoms with E-state index < -0.39 is 34.2 Å². The van der Waals surface area contributed by atoms with Gasteiger partial charge in [0.15, 0.2) is 0 Å². The smallest absolute Gasteiger partial charge is 0.271 e. The van der Waals surface area contributed by atoms with E-state index in [2.05, 4.69) is 16.6 Å². The zero-order valence-electron chi connectivity index (χ0n) is 20.9. The van der Waals surface area contributed by atoms with Gasteiger partial charge in [0.1, 0.15) is 6.54 Å². The van der Waals surface area contributed by atoms with Crippen LogP contribution in [0.4, 0.5) is 18.9 Å². The maximum atomic E-state index is 13.5. The lowest BCUT2D eigenvalue weighted by Gasteiger charge is -2.24. The van der Waals surface area contributed by atoms with Crippen molar-refractivity contribution in [1.29, 1.82) is 0 Å². The molecular formula is C29H24F3N3O3S. The summed E-state index contributed by atoms with van der Waals surface area (Å²) in [6.45, 7) is 0.993. The molecule has 0 aromatic heterocycles. The van der Waals surface area contributed by atoms with Crippen LogP contribution in [-0.2, 0) is 33.8 Å². The molecule has 0 radical (unpaired) electrons. The number of nitrogens with zero attached hydrogens (tertiary/aromatic N) is 2. The quantitative estimate of drug-likeness (QED) is 0.240. The summed E-state index contributed by atoms with van der Waals surface area (Å²) in [5.74, 6) is -0.815. The first-order valence-electron chi connectivity index (χ1n) is 12.2. The Bertz CT molecular complexity index is 1690. The topological polar surface area (TPSA) is 78.8 Å². The molecule has 0 unspecified atom stereocenters. The van der Waals surface area contributed by atoms with E-state index in [1.807, 2.05) is 24.3 Å². The van der Waals surface area contributed by atoms with Gasteiger partial charge < -0.3 is 0 Å². The van der Waals surface area contributed by atoms with E-state index >= 15 is 0 Å². The highest BCUT2D eigenvalue weighted by molar-refractivity contribution is 7.92. The van der Waals surface area contributed by atoms with Crippen molar-refractivity contribution in [3.63, 3.8) is 0 Å². The number of benzene rings is 4. The molecule has 5 rings (SSSR count). The third kappa shape index (κ3) is 5.37. The summed E-state index contributed by atoms with van der Waals surface area (Å²) in [4.78, 5) is 12.7. The third-order valence-corrected chi connectivity index (χ3v) is 8.45. The van der Waals surface area contributed by atoms with Crippen molar-refractivity contribution in [3.8, 4) is 0 Å². The van der Waals surface area contributed by atoms with Crippen molar-refractivity contribution in [3.05, 3.63) is 107 Å². The molecule has 0 bridgehead atoms. The number of rotatable bonds is 7. The first kappa shape index (κ1) is 26.4. The number of amides is 1. The number of alkyl halides is 3. The first-order chi connectivity index (χ1) is 18.5. The average molecular weight is 552 g/mol. The van der Waals surface area contributed by atoms with Gasteiger partial charge in [0.2, 0.25) is 0 Å². The van der Waals surface area contributed by atoms with Crippen LogP contribution in [0.5, 0.6) is 0 Å². The number of hydrazone groups is 1. The Labute approximate surface area is 223 Å². The second-order valence-corrected chi connectivity index (χ2v) is 11.2. The molecule has 0 saturated heterocycles. The molecule has 39 heavy (non-hydrogen) atoms. The summed E-state index contributed by atoms with van der Waals surface area (Å²) in [7, 11) is -4.38. The van der Waals surface area contributed by atoms with Crippen molar-refractivity contribution >= 4 is 38.6 Å². The molecule has 200 valence electrons. The van der Waals surface area contributed by atoms with Gasteiger partial charge in [0.05, 0.1) is 22.4 Å². The Balaban J connectivity index is 1.42. The van der Waals surface area contributed by atoms with Crippen LogP contribution in [-0.4, -0.2) is 27.1 Å². The van der Waals surface area contributed by atoms with Crippen molar-refractivity contribution < 1.29 is 26.4 Å². The van der Waals surface area contributed by atoms with Crippen LogP contribution >= 0.6 is 0 Å². The normalized spacial score (nSPS) is 13.2. The van der Waals surface area contributed by atoms with Crippen LogP contribution in [0.2, 0.25) is 0 Å². The number of halogens is 3. The zero-order valence-corrected chi connectivity index (χ0v) is 21.7. The lowest BCUT2D eigenvalue weighted by atomic mass is 10.0. The molecule has 0 atom stereocenters. The fraction of sp³-hybridized carbons (Fsp3) is 0.172. The second kappa shape index (κ2) is 10.2. The van der Waals surface area contributed by atoms with Gasteiger partial charge in [-0.1, -0.05) is 54.1 Å². The van der Waals surface area contributed by atoms with Gasteiger partial charge in [-0.15, -0.1) is 0 Å². The maximum Gasteiger partial charge on any atom is 0.416 e. The molecule has 6 nitrogen and oxygen atoms in total. The van der Waals surface area contributed by atoms with Crippen LogP contribution in [0.1, 0.15) is 27.8 Å². The Kier molecular flexibility index (Phi) is 6.90. The van der Waals surface area contributed by atoms with Crippen LogP contribution in [0.25, 0.3) is 10.8 Å². The van der Waals surface area contributed by atoms with E-state index in [-0.39, 0.29) is 10.6 Å². The molecule has 0 spiro atoms. The molecule has 1 aliphatic rings. The SMILES string of the molecule is Cc1ccc(S(=O)(=O)N(CC(=O)N/N=C/c2ccc3c4c(cccc24)CC3)c2cccc(C(F)(F)F)c2)cc1. The minimum atomic E-state index is -4.69. The van der Waals surface area contributed by atoms with Gasteiger partial charge in [-0.3, -0.25) is 9.10 Å². The van der Waals surface area contributed by atoms with Gasteiger partial charge in [-0.25, -0.2) is 13.8 Å². The number of hydrogen-bond acceptors (Lipinski definition) is 4. The summed E-state index contributed by atoms with van der Waals surface area (Å²) >= 11 is 0. The van der Waals surface area contributed by atoms with Crippen LogP contribution in [0, 0.1) is 6.92 Å². The molecule has 4 aromatic rings. The molecule has 0 saturated carbocycles. The lowest BCUT2D eigenvalue weighted by molar-refractivity contribution is -0.137. The van der Waals surface area contributed by atoms with E-state index in [0.29, 0.717) is 10.4 Å². The molecule has 0 aliphatic heterocycles. The summed E-state index contributed by atoms with van der Waals surface area (Å²) in [6.07, 6.45) is -1.29. The monoisotopic (exact) mass is 551 g/mol. The van der Waals surface area contributed by atoms with Crippen LogP contribution in [0.3, 0.4) is 0 Å². The molecule has 1 aliphatic carbocycles. The summed E-state index contributed by atoms with van der Waals surface area (Å²) in [5.41, 5.74) is 5.07. The maximum absolute atomic E-state index is 13.5. The van der Waals surface area contributed by atoms with Crippen LogP contribution in [0.15, 0.2) is 88.9 Å². The molecule has 1 N–H and O–H groups in total. The number of anilines is 1. The standard InChI is InChI=1S/C29H24F3N3O3S/c1-19-8-14-25(15-9-19)39(37,38)35(24-6-3-5-23(16-24)29(30,31)32)18-27(36)34-33-17-22-13-12-21-11-10-20-4-2-7-26(22)28(20)21/h2-9,12-17H,10-11,18H2,1H3,(H,34,36)/b33-17+. The van der Waals surface area contributed by atoms with E-state index in [4.69, 9.17) is 0 Å². The van der Waals surface area contributed by atoms with E-state index in [9.17, 15) is 26.4 Å². The molecular weight excluding hydrogens is 527 g/mol. The van der Waals surface area contributed by atoms with Gasteiger partial charge >= 0.3 is 6.18 Å². The Morgan fingerprint density at radius 2 is 1.67 bits per heavy atom. The summed E-state index contributed by atoms with van der Waals surface area (Å²) < 4.78 is 67.8. The molecule has 0 heterocycles. The largest absolute Gasteiger partial charge is 0.416 e. The highest BCUT2D eigenvalue weighted by Gasteiger charge is 2.33. The first-order valence-corrected chi connectivity index (χ1v) is 13.6. The Morgan fingerprint density at radius 3 is 2.38 bits per heavy atom. The van der Waals surface area contributed by atoms with E-state index in [1.165, 1.54) is 40.9 Å². The van der Waals surface area contributed by atoms with Crippen molar-refractivity contribution in [2.75, 3.05) is 10.8 Å². The van der Waals surface area contributed by atoms with Crippen LogP contribution < -0.4 is 9.73 Å². The third-order valence-electron chi connectivity index (χ3n) is 6.66. The predicted molar refractivity (Wildman–Crippen MR) is 144 cm³/mol. The van der Waals surface area contributed by atoms with Crippen molar-refractivity contribution in [2.45, 2.75) is 30.8 Å². The number of aryl methyl sites for hydroxylation is 3. The number of sulfonamides is 1. The fourth-order valence-corrected chi connectivity index (χ4v) is 6.12. The highest BCUT2D eigenvalue weighted by atomic mass is 32.2. The van der Waals surface area contributed by atoms with Gasteiger partial charge in [-0.2, -0.15) is 18.3 Å². The van der Waals surface area contributed by atoms with Crippen molar-refractivity contribution in [1.82, 2.24) is 5.43 Å². The van der Waals surface area contributed by atoms with E-state index in [1.54, 1.807) is 19.1 Å². The fourth-order valence-electron chi connectivity index (χ4n) is 4.71. The average Bonchev–Trinajstić information content (AvgIpc) is 3.33. The lowest BCUT2D eigenvalue weighted by Crippen LogP contribution is -2.39. The van der Waals surface area contributed by atoms with Gasteiger partial charge in [-0.05, 0) is 72.0 Å². The number of hydrogen-bond donors (Lipinski definition) is 1. The molecule has 0 fully saturated rings. The van der Waals surface area contributed by atoms with Gasteiger partial charge in [0.25, 0.3) is 15.9 Å². The minimum Gasteiger partial charge on any atom is -0.271 e. The predicted octanol–water partition coefficient (Wildman–Crippen LogP) is 5.61. The zero-order chi connectivity index (χ0) is 27.8. The minimum absolute atomic E-state index is 0.158. The highest BCUT2D eigenvalue weighted by Crippen LogP contribution is 2.34. The Hall–Kier alpha value is -4.18. The molecule has 1 amide bonds. The summed E-state index contributed by atoms with van der Waals surface area (Å²) in [6, 6.07) is 19.6. The van der Waals surface area contributed by atoms with Gasteiger partial charge in [0, 0.05) is 5.56 Å². The summed E-state index contributed by atoms with van der Waals surface area (Å²) in [5, 5.41) is 6.18. The molecule has 10 heteroatoms. The number of nitrogens with one attached hydrogen (secondary N) is 1. The Morgan fingerprint density at radius 1 is 0.974 bits per heavy atom. The number of carbonyl (C=O) groups excluding carboxylic acids is 1. The van der Waals surface area contributed by atoms with Crippen molar-refractivity contribution in [2.24, 2.45) is 5.10 Å².